The fourth-order valence-electron chi connectivity index (χ4n) is 2.64. The molecule has 1 aliphatic rings. The van der Waals surface area contributed by atoms with Crippen LogP contribution in [0, 0.1) is 0 Å². The number of nitrogens with zero attached hydrogens (tertiary/aromatic N) is 1. The van der Waals surface area contributed by atoms with Crippen LogP contribution in [0.1, 0.15) is 58.8 Å². The topological polar surface area (TPSA) is 66.6 Å². The third-order valence-corrected chi connectivity index (χ3v) is 4.11. The summed E-state index contributed by atoms with van der Waals surface area (Å²) in [7, 11) is 0. The molecule has 1 saturated heterocycles. The maximum absolute atomic E-state index is 11.1. The van der Waals surface area contributed by atoms with E-state index in [-0.39, 0.29) is 0 Å². The molecular weight excluding hydrogens is 228 g/mol. The Labute approximate surface area is 111 Å². The van der Waals surface area contributed by atoms with Gasteiger partial charge in [0.25, 0.3) is 0 Å². The predicted molar refractivity (Wildman–Crippen MR) is 73.6 cm³/mol. The average molecular weight is 256 g/mol. The molecule has 18 heavy (non-hydrogen) atoms. The molecule has 3 N–H and O–H groups in total. The molecule has 0 radical (unpaired) electrons. The highest BCUT2D eigenvalue weighted by Gasteiger charge is 2.42. The molecule has 0 aliphatic carbocycles. The Morgan fingerprint density at radius 3 is 2.61 bits per heavy atom. The van der Waals surface area contributed by atoms with E-state index in [1.165, 1.54) is 32.1 Å². The van der Waals surface area contributed by atoms with Gasteiger partial charge in [0.2, 0.25) is 0 Å². The van der Waals surface area contributed by atoms with E-state index in [4.69, 9.17) is 10.8 Å². The number of hydrogen-bond donors (Lipinski definition) is 2. The van der Waals surface area contributed by atoms with Crippen LogP contribution >= 0.6 is 0 Å². The van der Waals surface area contributed by atoms with Gasteiger partial charge in [-0.3, -0.25) is 9.69 Å². The monoisotopic (exact) mass is 256 g/mol. The number of carboxylic acids is 1. The highest BCUT2D eigenvalue weighted by Crippen LogP contribution is 2.23. The molecule has 0 aromatic carbocycles. The van der Waals surface area contributed by atoms with Crippen molar-refractivity contribution < 1.29 is 9.90 Å². The lowest BCUT2D eigenvalue weighted by Crippen LogP contribution is -2.50. The van der Waals surface area contributed by atoms with E-state index in [9.17, 15) is 4.79 Å². The normalized spacial score (nSPS) is 26.4. The Morgan fingerprint density at radius 2 is 2.06 bits per heavy atom. The van der Waals surface area contributed by atoms with Crippen LogP contribution in [0.3, 0.4) is 0 Å². The number of rotatable bonds is 8. The SMILES string of the molecule is CCCCCCCC(C)N1CCC(N)(C(=O)O)C1. The summed E-state index contributed by atoms with van der Waals surface area (Å²) in [5, 5.41) is 9.09. The van der Waals surface area contributed by atoms with Crippen LogP contribution in [-0.2, 0) is 4.79 Å². The van der Waals surface area contributed by atoms with E-state index in [1.807, 2.05) is 0 Å². The second kappa shape index (κ2) is 7.10. The van der Waals surface area contributed by atoms with Gasteiger partial charge in [0.1, 0.15) is 5.54 Å². The second-order valence-electron chi connectivity index (χ2n) is 5.73. The molecule has 1 fully saturated rings. The number of likely N-dealkylation sites (tertiary alicyclic amines) is 1. The minimum absolute atomic E-state index is 0.455. The summed E-state index contributed by atoms with van der Waals surface area (Å²) in [6, 6.07) is 0.455. The molecule has 0 bridgehead atoms. The van der Waals surface area contributed by atoms with Crippen molar-refractivity contribution in [2.45, 2.75) is 70.4 Å². The fourth-order valence-corrected chi connectivity index (χ4v) is 2.64. The summed E-state index contributed by atoms with van der Waals surface area (Å²) in [5.41, 5.74) is 4.87. The van der Waals surface area contributed by atoms with Crippen molar-refractivity contribution in [3.05, 3.63) is 0 Å². The summed E-state index contributed by atoms with van der Waals surface area (Å²) in [5.74, 6) is -0.861. The van der Waals surface area contributed by atoms with Crippen molar-refractivity contribution in [1.82, 2.24) is 4.90 Å². The fraction of sp³-hybridized carbons (Fsp3) is 0.929. The van der Waals surface area contributed by atoms with Crippen molar-refractivity contribution in [3.8, 4) is 0 Å². The molecule has 106 valence electrons. The van der Waals surface area contributed by atoms with Gasteiger partial charge in [0.15, 0.2) is 0 Å². The molecule has 1 aliphatic heterocycles. The van der Waals surface area contributed by atoms with E-state index < -0.39 is 11.5 Å². The summed E-state index contributed by atoms with van der Waals surface area (Å²) >= 11 is 0. The van der Waals surface area contributed by atoms with Crippen LogP contribution in [0.2, 0.25) is 0 Å². The Hall–Kier alpha value is -0.610. The van der Waals surface area contributed by atoms with Gasteiger partial charge in [-0.15, -0.1) is 0 Å². The summed E-state index contributed by atoms with van der Waals surface area (Å²) in [4.78, 5) is 13.3. The summed E-state index contributed by atoms with van der Waals surface area (Å²) in [6.07, 6.45) is 8.17. The lowest BCUT2D eigenvalue weighted by atomic mass is 10.0. The molecule has 2 unspecified atom stereocenters. The lowest BCUT2D eigenvalue weighted by Gasteiger charge is -2.25. The smallest absolute Gasteiger partial charge is 0.325 e. The van der Waals surface area contributed by atoms with E-state index >= 15 is 0 Å². The minimum Gasteiger partial charge on any atom is -0.480 e. The lowest BCUT2D eigenvalue weighted by molar-refractivity contribution is -0.142. The van der Waals surface area contributed by atoms with Crippen molar-refractivity contribution in [2.24, 2.45) is 5.73 Å². The van der Waals surface area contributed by atoms with Crippen molar-refractivity contribution in [2.75, 3.05) is 13.1 Å². The zero-order valence-corrected chi connectivity index (χ0v) is 11.8. The first-order chi connectivity index (χ1) is 8.49. The number of aliphatic carboxylic acids is 1. The van der Waals surface area contributed by atoms with Gasteiger partial charge in [-0.2, -0.15) is 0 Å². The molecule has 0 amide bonds. The molecule has 2 atom stereocenters. The first-order valence-electron chi connectivity index (χ1n) is 7.26. The number of unbranched alkanes of at least 4 members (excludes halogenated alkanes) is 4. The van der Waals surface area contributed by atoms with Gasteiger partial charge in [-0.25, -0.2) is 0 Å². The summed E-state index contributed by atoms with van der Waals surface area (Å²) in [6.45, 7) is 5.73. The quantitative estimate of drug-likeness (QED) is 0.654. The van der Waals surface area contributed by atoms with Crippen LogP contribution in [0.5, 0.6) is 0 Å². The highest BCUT2D eigenvalue weighted by molar-refractivity contribution is 5.79. The Balaban J connectivity index is 2.23. The zero-order valence-electron chi connectivity index (χ0n) is 11.8. The number of nitrogens with two attached hydrogens (primary N) is 1. The molecule has 1 heterocycles. The van der Waals surface area contributed by atoms with E-state index in [1.54, 1.807) is 0 Å². The molecule has 4 nitrogen and oxygen atoms in total. The third kappa shape index (κ3) is 4.25. The third-order valence-electron chi connectivity index (χ3n) is 4.11. The van der Waals surface area contributed by atoms with Crippen molar-refractivity contribution in [1.29, 1.82) is 0 Å². The number of hydrogen-bond acceptors (Lipinski definition) is 3. The van der Waals surface area contributed by atoms with Gasteiger partial charge in [-0.1, -0.05) is 39.0 Å². The maximum atomic E-state index is 11.1. The summed E-state index contributed by atoms with van der Waals surface area (Å²) < 4.78 is 0. The standard InChI is InChI=1S/C14H28N2O2/c1-3-4-5-6-7-8-12(2)16-10-9-14(15,11-16)13(17)18/h12H,3-11,15H2,1-2H3,(H,17,18). The molecular formula is C14H28N2O2. The molecule has 1 rings (SSSR count). The first-order valence-corrected chi connectivity index (χ1v) is 7.26. The molecule has 0 spiro atoms. The minimum atomic E-state index is -1.02. The average Bonchev–Trinajstić information content (AvgIpc) is 2.73. The van der Waals surface area contributed by atoms with Crippen molar-refractivity contribution in [3.63, 3.8) is 0 Å². The van der Waals surface area contributed by atoms with Crippen LogP contribution < -0.4 is 5.73 Å². The van der Waals surface area contributed by atoms with Crippen LogP contribution in [0.4, 0.5) is 0 Å². The van der Waals surface area contributed by atoms with Gasteiger partial charge >= 0.3 is 5.97 Å². The van der Waals surface area contributed by atoms with Gasteiger partial charge in [0, 0.05) is 19.1 Å². The molecule has 0 saturated carbocycles. The Bertz CT molecular complexity index is 271. The van der Waals surface area contributed by atoms with Gasteiger partial charge < -0.3 is 10.8 Å². The Morgan fingerprint density at radius 1 is 1.39 bits per heavy atom. The second-order valence-corrected chi connectivity index (χ2v) is 5.73. The largest absolute Gasteiger partial charge is 0.480 e. The predicted octanol–water partition coefficient (Wildman–Crippen LogP) is 2.22. The van der Waals surface area contributed by atoms with Gasteiger partial charge in [0.05, 0.1) is 0 Å². The highest BCUT2D eigenvalue weighted by atomic mass is 16.4. The van der Waals surface area contributed by atoms with Crippen molar-refractivity contribution >= 4 is 5.97 Å². The zero-order chi connectivity index (χ0) is 13.6. The van der Waals surface area contributed by atoms with E-state index in [0.29, 0.717) is 19.0 Å². The Kier molecular flexibility index (Phi) is 6.09. The molecule has 4 heteroatoms. The van der Waals surface area contributed by atoms with E-state index in [2.05, 4.69) is 18.7 Å². The molecule has 0 aromatic heterocycles. The van der Waals surface area contributed by atoms with Crippen LogP contribution in [-0.4, -0.2) is 40.6 Å². The molecule has 0 aromatic rings. The van der Waals surface area contributed by atoms with E-state index in [0.717, 1.165) is 13.0 Å². The van der Waals surface area contributed by atoms with Gasteiger partial charge in [-0.05, 0) is 19.8 Å². The van der Waals surface area contributed by atoms with Crippen LogP contribution in [0.15, 0.2) is 0 Å². The first kappa shape index (κ1) is 15.4. The maximum Gasteiger partial charge on any atom is 0.325 e. The number of carbonyl (C=O) groups is 1. The van der Waals surface area contributed by atoms with Crippen LogP contribution in [0.25, 0.3) is 0 Å². The number of carboxylic acid groups (broad SMARTS) is 1.